The monoisotopic (exact) mass is 249 g/mol. The number of phenolic OH excluding ortho intramolecular Hbond substituents is 1. The second-order valence-electron chi connectivity index (χ2n) is 4.05. The molecular weight excluding hydrogens is 236 g/mol. The van der Waals surface area contributed by atoms with Crippen LogP contribution in [-0.4, -0.2) is 5.11 Å². The first-order valence-electron chi connectivity index (χ1n) is 5.57. The second-order valence-corrected chi connectivity index (χ2v) is 4.05. The van der Waals surface area contributed by atoms with E-state index in [1.54, 1.807) is 24.3 Å². The van der Waals surface area contributed by atoms with E-state index in [0.29, 0.717) is 11.3 Å². The Balaban J connectivity index is 2.19. The summed E-state index contributed by atoms with van der Waals surface area (Å²) in [5.74, 6) is -1.61. The van der Waals surface area contributed by atoms with Gasteiger partial charge < -0.3 is 10.4 Å². The molecule has 0 radical (unpaired) electrons. The number of para-hydroxylation sites is 1. The van der Waals surface area contributed by atoms with Gasteiger partial charge >= 0.3 is 0 Å². The molecule has 18 heavy (non-hydrogen) atoms. The van der Waals surface area contributed by atoms with Crippen LogP contribution in [0, 0.1) is 11.6 Å². The maximum Gasteiger partial charge on any atom is 0.160 e. The Kier molecular flexibility index (Phi) is 3.46. The highest BCUT2D eigenvalue weighted by molar-refractivity contribution is 5.47. The van der Waals surface area contributed by atoms with Crippen LogP contribution in [0.5, 0.6) is 5.75 Å². The number of benzene rings is 2. The number of rotatable bonds is 3. The van der Waals surface area contributed by atoms with Gasteiger partial charge in [0, 0.05) is 17.3 Å². The Morgan fingerprint density at radius 3 is 2.44 bits per heavy atom. The maximum atomic E-state index is 13.0. The molecular formula is C14H13F2NO. The van der Waals surface area contributed by atoms with Crippen LogP contribution in [0.4, 0.5) is 14.5 Å². The molecule has 2 aromatic rings. The molecule has 0 bridgehead atoms. The lowest BCUT2D eigenvalue weighted by atomic mass is 10.1. The Morgan fingerprint density at radius 2 is 1.78 bits per heavy atom. The summed E-state index contributed by atoms with van der Waals surface area (Å²) in [5.41, 5.74) is 1.16. The number of hydrogen-bond acceptors (Lipinski definition) is 2. The molecule has 0 aromatic heterocycles. The van der Waals surface area contributed by atoms with Crippen LogP contribution in [0.25, 0.3) is 0 Å². The van der Waals surface area contributed by atoms with Crippen LogP contribution in [0.15, 0.2) is 42.5 Å². The normalized spacial score (nSPS) is 12.2. The van der Waals surface area contributed by atoms with Crippen molar-refractivity contribution in [1.82, 2.24) is 0 Å². The van der Waals surface area contributed by atoms with Gasteiger partial charge in [0.1, 0.15) is 5.75 Å². The zero-order valence-electron chi connectivity index (χ0n) is 9.82. The van der Waals surface area contributed by atoms with Crippen molar-refractivity contribution < 1.29 is 13.9 Å². The van der Waals surface area contributed by atoms with Gasteiger partial charge in [0.25, 0.3) is 0 Å². The summed E-state index contributed by atoms with van der Waals surface area (Å²) in [4.78, 5) is 0. The molecule has 2 nitrogen and oxygen atoms in total. The fourth-order valence-electron chi connectivity index (χ4n) is 1.77. The van der Waals surface area contributed by atoms with E-state index >= 15 is 0 Å². The van der Waals surface area contributed by atoms with E-state index in [-0.39, 0.29) is 11.8 Å². The predicted molar refractivity (Wildman–Crippen MR) is 66.5 cm³/mol. The fraction of sp³-hybridized carbons (Fsp3) is 0.143. The Bertz CT molecular complexity index is 557. The van der Waals surface area contributed by atoms with Crippen LogP contribution < -0.4 is 5.32 Å². The summed E-state index contributed by atoms with van der Waals surface area (Å²) in [6, 6.07) is 10.3. The number of phenols is 1. The zero-order chi connectivity index (χ0) is 13.1. The van der Waals surface area contributed by atoms with Gasteiger partial charge in [-0.2, -0.15) is 0 Å². The minimum Gasteiger partial charge on any atom is -0.508 e. The van der Waals surface area contributed by atoms with Crippen LogP contribution in [0.1, 0.15) is 18.5 Å². The standard InChI is InChI=1S/C14H13F2NO/c1-9(11-4-2-3-5-14(11)18)17-10-6-7-12(15)13(16)8-10/h2-9,17-18H,1H3. The van der Waals surface area contributed by atoms with Gasteiger partial charge in [-0.3, -0.25) is 0 Å². The van der Waals surface area contributed by atoms with Gasteiger partial charge in [-0.25, -0.2) is 8.78 Å². The lowest BCUT2D eigenvalue weighted by Crippen LogP contribution is -2.07. The molecule has 2 rings (SSSR count). The smallest absolute Gasteiger partial charge is 0.160 e. The number of halogens is 2. The first-order chi connectivity index (χ1) is 8.58. The van der Waals surface area contributed by atoms with Crippen molar-refractivity contribution in [2.75, 3.05) is 5.32 Å². The van der Waals surface area contributed by atoms with E-state index in [9.17, 15) is 13.9 Å². The molecule has 0 spiro atoms. The van der Waals surface area contributed by atoms with E-state index in [1.165, 1.54) is 6.07 Å². The minimum absolute atomic E-state index is 0.167. The first-order valence-corrected chi connectivity index (χ1v) is 5.57. The molecule has 2 N–H and O–H groups in total. The van der Waals surface area contributed by atoms with Crippen molar-refractivity contribution in [3.63, 3.8) is 0 Å². The van der Waals surface area contributed by atoms with Crippen molar-refractivity contribution in [3.05, 3.63) is 59.7 Å². The molecule has 0 saturated heterocycles. The van der Waals surface area contributed by atoms with Gasteiger partial charge in [0.05, 0.1) is 6.04 Å². The van der Waals surface area contributed by atoms with Crippen molar-refractivity contribution >= 4 is 5.69 Å². The Hall–Kier alpha value is -2.10. The second kappa shape index (κ2) is 5.04. The Morgan fingerprint density at radius 1 is 1.06 bits per heavy atom. The minimum atomic E-state index is -0.899. The van der Waals surface area contributed by atoms with Crippen LogP contribution in [-0.2, 0) is 0 Å². The largest absolute Gasteiger partial charge is 0.508 e. The molecule has 0 aliphatic heterocycles. The van der Waals surface area contributed by atoms with Gasteiger partial charge in [-0.15, -0.1) is 0 Å². The van der Waals surface area contributed by atoms with E-state index in [1.807, 2.05) is 6.92 Å². The van der Waals surface area contributed by atoms with Crippen LogP contribution in [0.3, 0.4) is 0 Å². The molecule has 0 aliphatic rings. The molecule has 4 heteroatoms. The van der Waals surface area contributed by atoms with Crippen molar-refractivity contribution in [2.24, 2.45) is 0 Å². The summed E-state index contributed by atoms with van der Waals surface area (Å²) in [6.45, 7) is 1.83. The lowest BCUT2D eigenvalue weighted by Gasteiger charge is -2.16. The van der Waals surface area contributed by atoms with Crippen molar-refractivity contribution in [1.29, 1.82) is 0 Å². The summed E-state index contributed by atoms with van der Waals surface area (Å²) in [7, 11) is 0. The van der Waals surface area contributed by atoms with Crippen molar-refractivity contribution in [2.45, 2.75) is 13.0 Å². The number of nitrogens with one attached hydrogen (secondary N) is 1. The molecule has 1 atom stereocenters. The van der Waals surface area contributed by atoms with Crippen LogP contribution >= 0.6 is 0 Å². The average molecular weight is 249 g/mol. The Labute approximate surface area is 104 Å². The van der Waals surface area contributed by atoms with E-state index in [2.05, 4.69) is 5.32 Å². The summed E-state index contributed by atoms with van der Waals surface area (Å²) in [6.07, 6.45) is 0. The molecule has 0 amide bonds. The third-order valence-corrected chi connectivity index (χ3v) is 2.71. The van der Waals surface area contributed by atoms with Crippen molar-refractivity contribution in [3.8, 4) is 5.75 Å². The highest BCUT2D eigenvalue weighted by Crippen LogP contribution is 2.26. The molecule has 0 aliphatic carbocycles. The zero-order valence-corrected chi connectivity index (χ0v) is 9.82. The van der Waals surface area contributed by atoms with E-state index in [4.69, 9.17) is 0 Å². The molecule has 2 aromatic carbocycles. The third kappa shape index (κ3) is 2.59. The predicted octanol–water partition coefficient (Wildman–Crippen LogP) is 3.84. The summed E-state index contributed by atoms with van der Waals surface area (Å²) >= 11 is 0. The van der Waals surface area contributed by atoms with E-state index in [0.717, 1.165) is 12.1 Å². The van der Waals surface area contributed by atoms with E-state index < -0.39 is 11.6 Å². The van der Waals surface area contributed by atoms with Gasteiger partial charge in [0.2, 0.25) is 0 Å². The molecule has 0 heterocycles. The fourth-order valence-corrected chi connectivity index (χ4v) is 1.77. The molecule has 0 fully saturated rings. The third-order valence-electron chi connectivity index (χ3n) is 2.71. The average Bonchev–Trinajstić information content (AvgIpc) is 2.34. The highest BCUT2D eigenvalue weighted by Gasteiger charge is 2.10. The quantitative estimate of drug-likeness (QED) is 0.866. The van der Waals surface area contributed by atoms with Gasteiger partial charge in [-0.05, 0) is 25.1 Å². The summed E-state index contributed by atoms with van der Waals surface area (Å²) < 4.78 is 25.8. The number of hydrogen-bond donors (Lipinski definition) is 2. The maximum absolute atomic E-state index is 13.0. The van der Waals surface area contributed by atoms with Crippen LogP contribution in [0.2, 0.25) is 0 Å². The first kappa shape index (κ1) is 12.4. The number of anilines is 1. The SMILES string of the molecule is CC(Nc1ccc(F)c(F)c1)c1ccccc1O. The highest BCUT2D eigenvalue weighted by atomic mass is 19.2. The lowest BCUT2D eigenvalue weighted by molar-refractivity contribution is 0.465. The molecule has 1 unspecified atom stereocenters. The van der Waals surface area contributed by atoms with Gasteiger partial charge in [0.15, 0.2) is 11.6 Å². The topological polar surface area (TPSA) is 32.3 Å². The summed E-state index contributed by atoms with van der Waals surface area (Å²) in [5, 5.41) is 12.7. The molecule has 0 saturated carbocycles. The van der Waals surface area contributed by atoms with Gasteiger partial charge in [-0.1, -0.05) is 18.2 Å². The number of aromatic hydroxyl groups is 1. The molecule has 94 valence electrons.